The lowest BCUT2D eigenvalue weighted by Crippen LogP contribution is -2.20. The van der Waals surface area contributed by atoms with Crippen LogP contribution in [0.15, 0.2) is 54.6 Å². The normalized spacial score (nSPS) is 13.8. The van der Waals surface area contributed by atoms with Crippen LogP contribution in [0.4, 0.5) is 16.2 Å². The Hall–Kier alpha value is -2.79. The van der Waals surface area contributed by atoms with Crippen molar-refractivity contribution in [3.8, 4) is 5.75 Å². The Morgan fingerprint density at radius 1 is 1.08 bits per heavy atom. The number of ether oxygens (including phenoxy) is 1. The van der Waals surface area contributed by atoms with Gasteiger partial charge in [0.25, 0.3) is 0 Å². The van der Waals surface area contributed by atoms with E-state index in [-0.39, 0.29) is 6.03 Å². The van der Waals surface area contributed by atoms with Gasteiger partial charge in [0.05, 0.1) is 12.8 Å². The van der Waals surface area contributed by atoms with Crippen molar-refractivity contribution in [2.24, 2.45) is 0 Å². The molecule has 2 amide bonds. The number of hydrogen-bond acceptors (Lipinski definition) is 3. The number of hydrogen-bond donors (Lipinski definition) is 3. The average Bonchev–Trinajstić information content (AvgIpc) is 2.63. The summed E-state index contributed by atoms with van der Waals surface area (Å²) in [5, 5.41) is 8.93. The highest BCUT2D eigenvalue weighted by Gasteiger charge is 2.08. The molecule has 0 saturated carbocycles. The predicted molar refractivity (Wildman–Crippen MR) is 97.5 cm³/mol. The molecule has 0 atom stereocenters. The van der Waals surface area contributed by atoms with Crippen molar-refractivity contribution < 1.29 is 9.53 Å². The Kier molecular flexibility index (Phi) is 5.13. The van der Waals surface area contributed by atoms with Crippen molar-refractivity contribution >= 4 is 23.0 Å². The van der Waals surface area contributed by atoms with E-state index in [4.69, 9.17) is 4.74 Å². The van der Waals surface area contributed by atoms with Gasteiger partial charge in [0, 0.05) is 12.2 Å². The molecule has 1 heterocycles. The Bertz CT molecular complexity index is 739. The lowest BCUT2D eigenvalue weighted by molar-refractivity contribution is 0.262. The Morgan fingerprint density at radius 2 is 1.88 bits per heavy atom. The molecule has 2 aromatic rings. The van der Waals surface area contributed by atoms with E-state index >= 15 is 0 Å². The largest absolute Gasteiger partial charge is 0.495 e. The van der Waals surface area contributed by atoms with Gasteiger partial charge < -0.3 is 20.7 Å². The van der Waals surface area contributed by atoms with E-state index < -0.39 is 0 Å². The molecule has 2 aromatic carbocycles. The summed E-state index contributed by atoms with van der Waals surface area (Å²) in [7, 11) is 1.58. The Balaban J connectivity index is 1.63. The monoisotopic (exact) mass is 323 g/mol. The Morgan fingerprint density at radius 3 is 2.58 bits per heavy atom. The third kappa shape index (κ3) is 3.94. The molecule has 24 heavy (non-hydrogen) atoms. The molecule has 5 nitrogen and oxygen atoms in total. The summed E-state index contributed by atoms with van der Waals surface area (Å²) >= 11 is 0. The van der Waals surface area contributed by atoms with Crippen molar-refractivity contribution in [3.05, 3.63) is 60.2 Å². The summed E-state index contributed by atoms with van der Waals surface area (Å²) in [6, 6.07) is 14.9. The molecule has 1 aliphatic rings. The van der Waals surface area contributed by atoms with Gasteiger partial charge >= 0.3 is 6.03 Å². The smallest absolute Gasteiger partial charge is 0.323 e. The van der Waals surface area contributed by atoms with Crippen molar-refractivity contribution in [2.45, 2.75) is 6.42 Å². The second kappa shape index (κ2) is 7.66. The molecule has 0 radical (unpaired) electrons. The molecule has 0 fully saturated rings. The minimum Gasteiger partial charge on any atom is -0.495 e. The van der Waals surface area contributed by atoms with Crippen LogP contribution in [0.5, 0.6) is 5.75 Å². The summed E-state index contributed by atoms with van der Waals surface area (Å²) in [4.78, 5) is 12.1. The second-order valence-corrected chi connectivity index (χ2v) is 5.54. The summed E-state index contributed by atoms with van der Waals surface area (Å²) in [6.07, 6.45) is 3.24. The SMILES string of the molecule is COc1ccccc1NC(=O)Nc1ccc(C2=CCNCC2)cc1. The van der Waals surface area contributed by atoms with E-state index in [1.54, 1.807) is 19.2 Å². The first-order chi connectivity index (χ1) is 11.8. The minimum atomic E-state index is -0.298. The van der Waals surface area contributed by atoms with Crippen molar-refractivity contribution in [2.75, 3.05) is 30.8 Å². The molecule has 0 unspecified atom stereocenters. The first-order valence-electron chi connectivity index (χ1n) is 7.97. The molecule has 0 saturated heterocycles. The zero-order valence-corrected chi connectivity index (χ0v) is 13.6. The maximum atomic E-state index is 12.1. The fourth-order valence-electron chi connectivity index (χ4n) is 2.68. The molecule has 1 aliphatic heterocycles. The van der Waals surface area contributed by atoms with Crippen LogP contribution >= 0.6 is 0 Å². The van der Waals surface area contributed by atoms with Crippen LogP contribution in [-0.2, 0) is 0 Å². The standard InChI is InChI=1S/C19H21N3O2/c1-24-18-5-3-2-4-17(18)22-19(23)21-16-8-6-14(7-9-16)15-10-12-20-13-11-15/h2-10,20H,11-13H2,1H3,(H2,21,22,23). The molecule has 0 spiro atoms. The fourth-order valence-corrected chi connectivity index (χ4v) is 2.68. The van der Waals surface area contributed by atoms with Crippen LogP contribution in [0.25, 0.3) is 5.57 Å². The molecular formula is C19H21N3O2. The highest BCUT2D eigenvalue weighted by molar-refractivity contribution is 6.00. The number of para-hydroxylation sites is 2. The third-order valence-corrected chi connectivity index (χ3v) is 3.93. The summed E-state index contributed by atoms with van der Waals surface area (Å²) in [6.45, 7) is 1.92. The number of carbonyl (C=O) groups excluding carboxylic acids is 1. The van der Waals surface area contributed by atoms with E-state index in [0.29, 0.717) is 11.4 Å². The number of methoxy groups -OCH3 is 1. The third-order valence-electron chi connectivity index (χ3n) is 3.93. The summed E-state index contributed by atoms with van der Waals surface area (Å²) < 4.78 is 5.23. The van der Waals surface area contributed by atoms with Crippen LogP contribution in [0.2, 0.25) is 0 Å². The van der Waals surface area contributed by atoms with Gasteiger partial charge in [-0.25, -0.2) is 4.79 Å². The van der Waals surface area contributed by atoms with E-state index in [2.05, 4.69) is 22.0 Å². The number of anilines is 2. The first kappa shape index (κ1) is 16.1. The summed E-state index contributed by atoms with van der Waals surface area (Å²) in [5.41, 5.74) is 3.93. The van der Waals surface area contributed by atoms with Crippen LogP contribution in [0, 0.1) is 0 Å². The Labute approximate surface area is 141 Å². The van der Waals surface area contributed by atoms with Crippen LogP contribution in [0.3, 0.4) is 0 Å². The van der Waals surface area contributed by atoms with Gasteiger partial charge in [0.2, 0.25) is 0 Å². The van der Waals surface area contributed by atoms with E-state index in [9.17, 15) is 4.79 Å². The van der Waals surface area contributed by atoms with Gasteiger partial charge in [-0.2, -0.15) is 0 Å². The van der Waals surface area contributed by atoms with Crippen molar-refractivity contribution in [1.29, 1.82) is 0 Å². The maximum Gasteiger partial charge on any atom is 0.323 e. The molecule has 3 N–H and O–H groups in total. The zero-order valence-electron chi connectivity index (χ0n) is 13.6. The van der Waals surface area contributed by atoms with Gasteiger partial charge in [-0.15, -0.1) is 0 Å². The number of amides is 2. The van der Waals surface area contributed by atoms with E-state index in [0.717, 1.165) is 25.2 Å². The molecule has 0 aliphatic carbocycles. The number of benzene rings is 2. The lowest BCUT2D eigenvalue weighted by atomic mass is 10.0. The van der Waals surface area contributed by atoms with Gasteiger partial charge in [-0.1, -0.05) is 30.3 Å². The highest BCUT2D eigenvalue weighted by Crippen LogP contribution is 2.24. The number of carbonyl (C=O) groups is 1. The topological polar surface area (TPSA) is 62.4 Å². The average molecular weight is 323 g/mol. The molecule has 0 bridgehead atoms. The molecule has 3 rings (SSSR count). The van der Waals surface area contributed by atoms with Gasteiger partial charge in [-0.3, -0.25) is 0 Å². The molecule has 5 heteroatoms. The predicted octanol–water partition coefficient (Wildman–Crippen LogP) is 3.72. The molecular weight excluding hydrogens is 302 g/mol. The second-order valence-electron chi connectivity index (χ2n) is 5.54. The van der Waals surface area contributed by atoms with Gasteiger partial charge in [0.1, 0.15) is 5.75 Å². The molecule has 124 valence electrons. The fraction of sp³-hybridized carbons (Fsp3) is 0.211. The minimum absolute atomic E-state index is 0.298. The van der Waals surface area contributed by atoms with Crippen LogP contribution < -0.4 is 20.7 Å². The highest BCUT2D eigenvalue weighted by atomic mass is 16.5. The van der Waals surface area contributed by atoms with E-state index in [1.165, 1.54) is 11.1 Å². The molecule has 0 aromatic heterocycles. The zero-order chi connectivity index (χ0) is 16.8. The van der Waals surface area contributed by atoms with Crippen LogP contribution in [-0.4, -0.2) is 26.2 Å². The summed E-state index contributed by atoms with van der Waals surface area (Å²) in [5.74, 6) is 0.626. The van der Waals surface area contributed by atoms with Crippen LogP contribution in [0.1, 0.15) is 12.0 Å². The van der Waals surface area contributed by atoms with E-state index in [1.807, 2.05) is 36.4 Å². The van der Waals surface area contributed by atoms with Crippen molar-refractivity contribution in [1.82, 2.24) is 5.32 Å². The number of rotatable bonds is 4. The quantitative estimate of drug-likeness (QED) is 0.803. The van der Waals surface area contributed by atoms with Gasteiger partial charge in [-0.05, 0) is 48.4 Å². The van der Waals surface area contributed by atoms with Crippen molar-refractivity contribution in [3.63, 3.8) is 0 Å². The number of urea groups is 1. The number of nitrogens with one attached hydrogen (secondary N) is 3. The van der Waals surface area contributed by atoms with Gasteiger partial charge in [0.15, 0.2) is 0 Å². The lowest BCUT2D eigenvalue weighted by Gasteiger charge is -2.15. The maximum absolute atomic E-state index is 12.1. The first-order valence-corrected chi connectivity index (χ1v) is 7.97.